The van der Waals surface area contributed by atoms with Crippen LogP contribution >= 0.6 is 11.6 Å². The highest BCUT2D eigenvalue weighted by atomic mass is 35.5. The Labute approximate surface area is 153 Å². The molecule has 5 heteroatoms. The van der Waals surface area contributed by atoms with E-state index in [0.29, 0.717) is 31.4 Å². The van der Waals surface area contributed by atoms with Gasteiger partial charge < -0.3 is 14.6 Å². The van der Waals surface area contributed by atoms with Crippen LogP contribution in [-0.2, 0) is 17.7 Å². The van der Waals surface area contributed by atoms with Crippen LogP contribution in [0.15, 0.2) is 48.5 Å². The first-order valence-electron chi connectivity index (χ1n) is 8.64. The molecule has 1 N–H and O–H groups in total. The fourth-order valence-electron chi connectivity index (χ4n) is 3.03. The molecule has 0 saturated carbocycles. The van der Waals surface area contributed by atoms with Crippen molar-refractivity contribution in [3.63, 3.8) is 0 Å². The normalized spacial score (nSPS) is 15.6. The van der Waals surface area contributed by atoms with E-state index in [-0.39, 0.29) is 0 Å². The second-order valence-corrected chi connectivity index (χ2v) is 6.72. The number of ether oxygens (including phenoxy) is 2. The first-order valence-corrected chi connectivity index (χ1v) is 9.02. The lowest BCUT2D eigenvalue weighted by atomic mass is 10.00. The van der Waals surface area contributed by atoms with Crippen LogP contribution in [0.3, 0.4) is 0 Å². The average Bonchev–Trinajstić information content (AvgIpc) is 2.63. The summed E-state index contributed by atoms with van der Waals surface area (Å²) in [5, 5.41) is 10.9. The van der Waals surface area contributed by atoms with E-state index in [1.165, 1.54) is 11.1 Å². The van der Waals surface area contributed by atoms with Crippen LogP contribution in [0, 0.1) is 0 Å². The van der Waals surface area contributed by atoms with Crippen molar-refractivity contribution >= 4 is 11.6 Å². The first-order chi connectivity index (χ1) is 12.2. The molecule has 0 aromatic heterocycles. The van der Waals surface area contributed by atoms with Crippen LogP contribution < -0.4 is 4.74 Å². The number of aliphatic hydroxyl groups is 1. The Hall–Kier alpha value is -1.59. The highest BCUT2D eigenvalue weighted by Gasteiger charge is 2.18. The van der Waals surface area contributed by atoms with Crippen molar-refractivity contribution in [1.29, 1.82) is 0 Å². The monoisotopic (exact) mass is 361 g/mol. The first kappa shape index (κ1) is 18.2. The van der Waals surface area contributed by atoms with Gasteiger partial charge in [-0.15, -0.1) is 0 Å². The molecule has 1 atom stereocenters. The minimum Gasteiger partial charge on any atom is -0.491 e. The molecule has 2 aromatic carbocycles. The van der Waals surface area contributed by atoms with E-state index in [1.807, 2.05) is 12.1 Å². The number of benzene rings is 2. The minimum atomic E-state index is -0.485. The molecule has 0 spiro atoms. The van der Waals surface area contributed by atoms with E-state index in [0.717, 1.165) is 25.3 Å². The maximum Gasteiger partial charge on any atom is 0.119 e. The quantitative estimate of drug-likeness (QED) is 0.733. The fourth-order valence-corrected chi connectivity index (χ4v) is 3.16. The zero-order valence-corrected chi connectivity index (χ0v) is 15.0. The van der Waals surface area contributed by atoms with E-state index in [1.54, 1.807) is 12.1 Å². The third kappa shape index (κ3) is 5.72. The number of nitrogens with zero attached hydrogens (tertiary/aromatic N) is 1. The summed E-state index contributed by atoms with van der Waals surface area (Å²) in [6.45, 7) is 3.73. The Balaban J connectivity index is 1.31. The maximum absolute atomic E-state index is 10.2. The summed E-state index contributed by atoms with van der Waals surface area (Å²) in [6, 6.07) is 15.7. The lowest BCUT2D eigenvalue weighted by Gasteiger charge is -2.30. The summed E-state index contributed by atoms with van der Waals surface area (Å²) in [5.74, 6) is 0.764. The molecule has 1 aliphatic rings. The highest BCUT2D eigenvalue weighted by Crippen LogP contribution is 2.18. The van der Waals surface area contributed by atoms with Gasteiger partial charge in [-0.3, -0.25) is 4.90 Å². The molecule has 0 bridgehead atoms. The molecule has 0 fully saturated rings. The molecule has 25 heavy (non-hydrogen) atoms. The molecule has 0 aliphatic carbocycles. The summed E-state index contributed by atoms with van der Waals surface area (Å²) >= 11 is 5.83. The second kappa shape index (κ2) is 9.20. The minimum absolute atomic E-state index is 0.322. The predicted molar refractivity (Wildman–Crippen MR) is 99.2 cm³/mol. The standard InChI is InChI=1S/C20H24ClNO3/c21-18-5-7-20(8-6-18)25-12-11-24-15-19(23)14-22-10-9-16-3-1-2-4-17(16)13-22/h1-8,19,23H,9-15H2/t19-/m0/s1. The molecule has 0 unspecified atom stereocenters. The Bertz CT molecular complexity index is 662. The van der Waals surface area contributed by atoms with Crippen molar-refractivity contribution < 1.29 is 14.6 Å². The van der Waals surface area contributed by atoms with Gasteiger partial charge in [-0.1, -0.05) is 35.9 Å². The molecule has 2 aromatic rings. The van der Waals surface area contributed by atoms with Crippen LogP contribution in [0.1, 0.15) is 11.1 Å². The van der Waals surface area contributed by atoms with E-state index < -0.39 is 6.10 Å². The van der Waals surface area contributed by atoms with Crippen LogP contribution in [0.5, 0.6) is 5.75 Å². The summed E-state index contributed by atoms with van der Waals surface area (Å²) in [7, 11) is 0. The van der Waals surface area contributed by atoms with E-state index in [4.69, 9.17) is 21.1 Å². The van der Waals surface area contributed by atoms with Crippen LogP contribution in [0.2, 0.25) is 5.02 Å². The van der Waals surface area contributed by atoms with E-state index in [9.17, 15) is 5.11 Å². The number of aliphatic hydroxyl groups excluding tert-OH is 1. The third-order valence-corrected chi connectivity index (χ3v) is 4.55. The molecule has 4 nitrogen and oxygen atoms in total. The van der Waals surface area contributed by atoms with Crippen molar-refractivity contribution in [3.05, 3.63) is 64.7 Å². The maximum atomic E-state index is 10.2. The van der Waals surface area contributed by atoms with Crippen LogP contribution in [0.4, 0.5) is 0 Å². The van der Waals surface area contributed by atoms with Crippen LogP contribution in [0.25, 0.3) is 0 Å². The summed E-state index contributed by atoms with van der Waals surface area (Å²) in [6.07, 6.45) is 0.555. The number of hydrogen-bond acceptors (Lipinski definition) is 4. The fraction of sp³-hybridized carbons (Fsp3) is 0.400. The van der Waals surface area contributed by atoms with Gasteiger partial charge in [0, 0.05) is 24.7 Å². The van der Waals surface area contributed by atoms with Crippen molar-refractivity contribution in [2.45, 2.75) is 19.1 Å². The molecule has 1 aliphatic heterocycles. The largest absolute Gasteiger partial charge is 0.491 e. The average molecular weight is 362 g/mol. The van der Waals surface area contributed by atoms with Crippen molar-refractivity contribution in [2.75, 3.05) is 32.9 Å². The summed E-state index contributed by atoms with van der Waals surface area (Å²) < 4.78 is 11.1. The van der Waals surface area contributed by atoms with Gasteiger partial charge in [0.1, 0.15) is 12.4 Å². The molecular weight excluding hydrogens is 338 g/mol. The summed E-state index contributed by atoms with van der Waals surface area (Å²) in [5.41, 5.74) is 2.78. The number of β-amino-alcohol motifs (C(OH)–C–C–N with tert-alkyl or cyclic N) is 1. The second-order valence-electron chi connectivity index (χ2n) is 6.28. The highest BCUT2D eigenvalue weighted by molar-refractivity contribution is 6.30. The number of fused-ring (bicyclic) bond motifs is 1. The van der Waals surface area contributed by atoms with Gasteiger partial charge in [0.25, 0.3) is 0 Å². The lowest BCUT2D eigenvalue weighted by Crippen LogP contribution is -2.38. The van der Waals surface area contributed by atoms with Gasteiger partial charge >= 0.3 is 0 Å². The Morgan fingerprint density at radius 1 is 1.04 bits per heavy atom. The lowest BCUT2D eigenvalue weighted by molar-refractivity contribution is 0.00589. The molecule has 0 radical (unpaired) electrons. The molecule has 3 rings (SSSR count). The zero-order chi connectivity index (χ0) is 17.5. The number of halogens is 1. The Morgan fingerprint density at radius 3 is 2.60 bits per heavy atom. The topological polar surface area (TPSA) is 41.9 Å². The molecule has 0 amide bonds. The van der Waals surface area contributed by atoms with Gasteiger partial charge in [-0.2, -0.15) is 0 Å². The smallest absolute Gasteiger partial charge is 0.119 e. The Morgan fingerprint density at radius 2 is 1.80 bits per heavy atom. The molecular formula is C20H24ClNO3. The van der Waals surface area contributed by atoms with Crippen molar-refractivity contribution in [1.82, 2.24) is 4.90 Å². The van der Waals surface area contributed by atoms with Gasteiger partial charge in [-0.05, 0) is 41.8 Å². The third-order valence-electron chi connectivity index (χ3n) is 4.30. The zero-order valence-electron chi connectivity index (χ0n) is 14.2. The number of rotatable bonds is 8. The Kier molecular flexibility index (Phi) is 6.70. The van der Waals surface area contributed by atoms with Crippen molar-refractivity contribution in [2.24, 2.45) is 0 Å². The van der Waals surface area contributed by atoms with Gasteiger partial charge in [0.15, 0.2) is 0 Å². The SMILES string of the molecule is O[C@H](COCCOc1ccc(Cl)cc1)CN1CCc2ccccc2C1. The van der Waals surface area contributed by atoms with Crippen LogP contribution in [-0.4, -0.2) is 49.0 Å². The molecule has 134 valence electrons. The van der Waals surface area contributed by atoms with Gasteiger partial charge in [-0.25, -0.2) is 0 Å². The molecule has 1 heterocycles. The predicted octanol–water partition coefficient (Wildman–Crippen LogP) is 3.15. The summed E-state index contributed by atoms with van der Waals surface area (Å²) in [4.78, 5) is 2.28. The van der Waals surface area contributed by atoms with Gasteiger partial charge in [0.05, 0.1) is 19.3 Å². The molecule has 0 saturated heterocycles. The van der Waals surface area contributed by atoms with Gasteiger partial charge in [0.2, 0.25) is 0 Å². The number of hydrogen-bond donors (Lipinski definition) is 1. The van der Waals surface area contributed by atoms with E-state index in [2.05, 4.69) is 29.2 Å². The van der Waals surface area contributed by atoms with Crippen molar-refractivity contribution in [3.8, 4) is 5.75 Å². The van der Waals surface area contributed by atoms with E-state index >= 15 is 0 Å².